The number of hydrogen-bond donors (Lipinski definition) is 3. The van der Waals surface area contributed by atoms with E-state index in [0.717, 1.165) is 43.9 Å². The minimum atomic E-state index is -5.08. The van der Waals surface area contributed by atoms with Gasteiger partial charge < -0.3 is 20.0 Å². The maximum Gasteiger partial charge on any atom is 0.490 e. The predicted molar refractivity (Wildman–Crippen MR) is 145 cm³/mol. The number of benzene rings is 3. The van der Waals surface area contributed by atoms with E-state index in [-0.39, 0.29) is 16.1 Å². The molecule has 0 bridgehead atoms. The molecule has 4 rings (SSSR count). The molecule has 0 amide bonds. The lowest BCUT2D eigenvalue weighted by Crippen LogP contribution is -2.46. The Bertz CT molecular complexity index is 1420. The molecule has 3 aromatic carbocycles. The number of piperazine rings is 1. The molecule has 13 heteroatoms. The van der Waals surface area contributed by atoms with Gasteiger partial charge >= 0.3 is 18.1 Å². The van der Waals surface area contributed by atoms with E-state index in [9.17, 15) is 31.5 Å². The molecule has 0 aromatic heterocycles. The number of aryl methyl sites for hydroxylation is 1. The van der Waals surface area contributed by atoms with E-state index in [1.165, 1.54) is 23.9 Å². The number of hydrogen-bond acceptors (Lipinski definition) is 6. The van der Waals surface area contributed by atoms with Gasteiger partial charge in [-0.15, -0.1) is 0 Å². The molecule has 1 fully saturated rings. The van der Waals surface area contributed by atoms with Crippen LogP contribution in [0.4, 0.5) is 30.2 Å². The van der Waals surface area contributed by atoms with Gasteiger partial charge in [0.05, 0.1) is 16.1 Å². The van der Waals surface area contributed by atoms with Gasteiger partial charge in [-0.3, -0.25) is 4.72 Å². The number of aromatic carboxylic acids is 1. The van der Waals surface area contributed by atoms with Gasteiger partial charge in [-0.25, -0.2) is 18.0 Å². The summed E-state index contributed by atoms with van der Waals surface area (Å²) < 4.78 is 59.8. The van der Waals surface area contributed by atoms with Crippen molar-refractivity contribution in [2.45, 2.75) is 24.4 Å². The molecule has 0 radical (unpaired) electrons. The fourth-order valence-electron chi connectivity index (χ4n) is 3.96. The Balaban J connectivity index is 0.000000559. The topological polar surface area (TPSA) is 127 Å². The number of halogens is 3. The maximum atomic E-state index is 12.8. The lowest BCUT2D eigenvalue weighted by Gasteiger charge is -2.37. The number of sulfonamides is 1. The Morgan fingerprint density at radius 2 is 1.38 bits per heavy atom. The Kier molecular flexibility index (Phi) is 9.64. The number of carboxylic acid groups (broad SMARTS) is 2. The lowest BCUT2D eigenvalue weighted by molar-refractivity contribution is -0.192. The van der Waals surface area contributed by atoms with E-state index in [0.29, 0.717) is 0 Å². The second-order valence-corrected chi connectivity index (χ2v) is 10.4. The van der Waals surface area contributed by atoms with Crippen molar-refractivity contribution in [2.24, 2.45) is 0 Å². The summed E-state index contributed by atoms with van der Waals surface area (Å²) in [6.07, 6.45) is -4.28. The number of carbonyl (C=O) groups is 2. The summed E-state index contributed by atoms with van der Waals surface area (Å²) in [6.45, 7) is 5.10. The van der Waals surface area contributed by atoms with Gasteiger partial charge in [0.25, 0.3) is 10.0 Å². The van der Waals surface area contributed by atoms with Gasteiger partial charge in [0.15, 0.2) is 0 Å². The zero-order valence-corrected chi connectivity index (χ0v) is 22.2. The van der Waals surface area contributed by atoms with Crippen LogP contribution in [-0.4, -0.2) is 62.9 Å². The molecular formula is C27H28F3N3O6S. The van der Waals surface area contributed by atoms with Crippen LogP contribution in [0.1, 0.15) is 22.8 Å². The Morgan fingerprint density at radius 1 is 0.850 bits per heavy atom. The molecule has 0 unspecified atom stereocenters. The van der Waals surface area contributed by atoms with Crippen molar-refractivity contribution < 1.29 is 41.4 Å². The quantitative estimate of drug-likeness (QED) is 0.368. The molecule has 1 heterocycles. The number of anilines is 3. The molecule has 3 N–H and O–H groups in total. The van der Waals surface area contributed by atoms with E-state index in [1.807, 2.05) is 25.1 Å². The fraction of sp³-hybridized carbons (Fsp3) is 0.259. The summed E-state index contributed by atoms with van der Waals surface area (Å²) in [5, 5.41) is 16.9. The number of nitrogens with zero attached hydrogens (tertiary/aromatic N) is 2. The third-order valence-electron chi connectivity index (χ3n) is 6.13. The van der Waals surface area contributed by atoms with Crippen molar-refractivity contribution in [2.75, 3.05) is 40.7 Å². The highest BCUT2D eigenvalue weighted by Gasteiger charge is 2.38. The predicted octanol–water partition coefficient (Wildman–Crippen LogP) is 4.71. The monoisotopic (exact) mass is 579 g/mol. The average molecular weight is 580 g/mol. The van der Waals surface area contributed by atoms with E-state index in [4.69, 9.17) is 9.90 Å². The normalized spacial score (nSPS) is 13.7. The van der Waals surface area contributed by atoms with Crippen molar-refractivity contribution in [3.8, 4) is 0 Å². The SMILES string of the molecule is CCc1ccc(S(=O)(=O)Nc2ccc(N3CCN(c4ccccc4)CC3)cc2C(=O)O)cc1.O=C(O)C(F)(F)F. The van der Waals surface area contributed by atoms with Crippen LogP contribution >= 0.6 is 0 Å². The van der Waals surface area contributed by atoms with Crippen molar-refractivity contribution in [1.82, 2.24) is 0 Å². The lowest BCUT2D eigenvalue weighted by atomic mass is 10.1. The number of carboxylic acids is 2. The Hall–Kier alpha value is -4.26. The Morgan fingerprint density at radius 3 is 1.85 bits per heavy atom. The first-order chi connectivity index (χ1) is 18.8. The summed E-state index contributed by atoms with van der Waals surface area (Å²) in [5.41, 5.74) is 2.92. The minimum absolute atomic E-state index is 0.0498. The van der Waals surface area contributed by atoms with Crippen LogP contribution in [0, 0.1) is 0 Å². The molecule has 0 spiro atoms. The zero-order valence-electron chi connectivity index (χ0n) is 21.4. The van der Waals surface area contributed by atoms with Crippen LogP contribution in [-0.2, 0) is 21.2 Å². The van der Waals surface area contributed by atoms with Crippen molar-refractivity contribution >= 4 is 39.0 Å². The van der Waals surface area contributed by atoms with Gasteiger partial charge in [0.2, 0.25) is 0 Å². The smallest absolute Gasteiger partial charge is 0.478 e. The molecule has 9 nitrogen and oxygen atoms in total. The Labute approximate surface area is 229 Å². The number of alkyl halides is 3. The van der Waals surface area contributed by atoms with Crippen LogP contribution in [0.15, 0.2) is 77.7 Å². The van der Waals surface area contributed by atoms with Crippen LogP contribution in [0.5, 0.6) is 0 Å². The molecule has 0 aliphatic carbocycles. The first-order valence-corrected chi connectivity index (χ1v) is 13.6. The first kappa shape index (κ1) is 30.3. The first-order valence-electron chi connectivity index (χ1n) is 12.2. The molecule has 1 aliphatic heterocycles. The highest BCUT2D eigenvalue weighted by atomic mass is 32.2. The van der Waals surface area contributed by atoms with Crippen LogP contribution in [0.25, 0.3) is 0 Å². The number of aliphatic carboxylic acids is 1. The second kappa shape index (κ2) is 12.7. The molecule has 1 saturated heterocycles. The fourth-order valence-corrected chi connectivity index (χ4v) is 5.04. The standard InChI is InChI=1S/C25H27N3O4S.C2HF3O2/c1-2-19-8-11-22(12-9-19)33(31,32)26-24-13-10-21(18-23(24)25(29)30)28-16-14-27(15-17-28)20-6-4-3-5-7-20;3-2(4,5)1(6)7/h3-13,18,26H,2,14-17H2,1H3,(H,29,30);(H,6,7). The number of para-hydroxylation sites is 1. The van der Waals surface area contributed by atoms with E-state index < -0.39 is 28.1 Å². The number of nitrogens with one attached hydrogen (secondary N) is 1. The van der Waals surface area contributed by atoms with Crippen molar-refractivity contribution in [3.63, 3.8) is 0 Å². The molecule has 3 aromatic rings. The van der Waals surface area contributed by atoms with Gasteiger partial charge in [0, 0.05) is 37.6 Å². The summed E-state index contributed by atoms with van der Waals surface area (Å²) in [7, 11) is -3.90. The molecular weight excluding hydrogens is 551 g/mol. The molecule has 1 aliphatic rings. The average Bonchev–Trinajstić information content (AvgIpc) is 2.93. The largest absolute Gasteiger partial charge is 0.490 e. The van der Waals surface area contributed by atoms with Gasteiger partial charge in [0.1, 0.15) is 0 Å². The maximum absolute atomic E-state index is 12.8. The number of rotatable bonds is 7. The summed E-state index contributed by atoms with van der Waals surface area (Å²) in [6, 6.07) is 21.6. The summed E-state index contributed by atoms with van der Waals surface area (Å²) >= 11 is 0. The van der Waals surface area contributed by atoms with Crippen molar-refractivity contribution in [3.05, 3.63) is 83.9 Å². The van der Waals surface area contributed by atoms with Gasteiger partial charge in [-0.05, 0) is 54.4 Å². The van der Waals surface area contributed by atoms with Crippen molar-refractivity contribution in [1.29, 1.82) is 0 Å². The van der Waals surface area contributed by atoms with Crippen LogP contribution in [0.2, 0.25) is 0 Å². The molecule has 0 saturated carbocycles. The summed E-state index contributed by atoms with van der Waals surface area (Å²) in [4.78, 5) is 25.3. The third kappa shape index (κ3) is 7.88. The van der Waals surface area contributed by atoms with Gasteiger partial charge in [-0.1, -0.05) is 37.3 Å². The van der Waals surface area contributed by atoms with E-state index >= 15 is 0 Å². The minimum Gasteiger partial charge on any atom is -0.478 e. The highest BCUT2D eigenvalue weighted by Crippen LogP contribution is 2.27. The molecule has 0 atom stereocenters. The summed E-state index contributed by atoms with van der Waals surface area (Å²) in [5.74, 6) is -3.94. The van der Waals surface area contributed by atoms with Crippen LogP contribution < -0.4 is 14.5 Å². The second-order valence-electron chi connectivity index (χ2n) is 8.75. The third-order valence-corrected chi connectivity index (χ3v) is 7.51. The van der Waals surface area contributed by atoms with E-state index in [1.54, 1.807) is 24.3 Å². The highest BCUT2D eigenvalue weighted by molar-refractivity contribution is 7.92. The molecule has 214 valence electrons. The zero-order chi connectivity index (χ0) is 29.5. The van der Waals surface area contributed by atoms with E-state index in [2.05, 4.69) is 26.7 Å². The van der Waals surface area contributed by atoms with Crippen LogP contribution in [0.3, 0.4) is 0 Å². The van der Waals surface area contributed by atoms with Gasteiger partial charge in [-0.2, -0.15) is 13.2 Å². The molecule has 40 heavy (non-hydrogen) atoms.